The minimum Gasteiger partial charge on any atom is -0.477 e. The van der Waals surface area contributed by atoms with Crippen LogP contribution in [0.1, 0.15) is 329 Å². The number of hydrogen-bond donors (Lipinski definition) is 14. The van der Waals surface area contributed by atoms with Crippen LogP contribution in [-0.4, -0.2) is 215 Å². The maximum absolute atomic E-state index is 13.5. The van der Waals surface area contributed by atoms with Gasteiger partial charge in [-0.05, 0) is 12.8 Å². The van der Waals surface area contributed by atoms with E-state index in [0.29, 0.717) is 19.3 Å². The van der Waals surface area contributed by atoms with E-state index in [-0.39, 0.29) is 18.9 Å². The van der Waals surface area contributed by atoms with Gasteiger partial charge in [0, 0.05) is 19.8 Å². The molecular formula is C76H144N2O21. The molecule has 23 heteroatoms. The third kappa shape index (κ3) is 37.0. The standard InChI is InChI=1S/C76H144N2O21/c1-4-6-8-10-12-14-16-18-19-20-21-22-23-24-25-26-27-28-29-30-31-32-33-34-35-36-38-40-42-44-46-48-50-63(86)78-57(58(83)49-47-45-43-41-39-37-17-15-13-11-9-7-5-2)55-94-73-68(90)67(89)70(62(54-81)96-73)97-74-69(91)72(66(88)61(53-80)95-74)99-76(75(92)93)51-59(84)64(77-56(3)82)71(98-76)65(87)60(85)52-79/h57-62,64-74,79-81,83-85,87-91H,4-55H2,1-3H3,(H,77,82)(H,78,86)(H,92,93). The lowest BCUT2D eigenvalue weighted by molar-refractivity contribution is -0.386. The van der Waals surface area contributed by atoms with Crippen LogP contribution < -0.4 is 10.6 Å². The van der Waals surface area contributed by atoms with E-state index in [4.69, 9.17) is 28.4 Å². The Morgan fingerprint density at radius 2 is 0.879 bits per heavy atom. The SMILES string of the molecule is CCCCCCCCCCCCCCCCCCCCCCCCCCCCCCCCCCC(=O)NC(COC1OC(CO)C(OC2OC(CO)C(O)C(OC3(C(=O)O)CC(O)C(NC(C)=O)C(C(O)C(O)CO)O3)C2O)C(O)C1O)C(O)CCCCCCCCCCCCCCC. The maximum atomic E-state index is 13.5. The molecule has 3 aliphatic heterocycles. The van der Waals surface area contributed by atoms with Gasteiger partial charge in [-0.1, -0.05) is 296 Å². The van der Waals surface area contributed by atoms with Crippen molar-refractivity contribution in [2.45, 2.75) is 439 Å². The average molecular weight is 1420 g/mol. The van der Waals surface area contributed by atoms with Crippen molar-refractivity contribution in [1.82, 2.24) is 10.6 Å². The Kier molecular flexibility index (Phi) is 51.5. The smallest absolute Gasteiger partial charge is 0.364 e. The molecule has 584 valence electrons. The molecule has 3 fully saturated rings. The Morgan fingerprint density at radius 3 is 1.26 bits per heavy atom. The number of aliphatic hydroxyl groups excluding tert-OH is 11. The number of aliphatic hydroxyl groups is 11. The topological polar surface area (TPSA) is 373 Å². The zero-order valence-corrected chi connectivity index (χ0v) is 61.6. The van der Waals surface area contributed by atoms with Crippen molar-refractivity contribution in [1.29, 1.82) is 0 Å². The van der Waals surface area contributed by atoms with Crippen molar-refractivity contribution < 1.29 is 104 Å². The van der Waals surface area contributed by atoms with E-state index in [2.05, 4.69) is 24.5 Å². The van der Waals surface area contributed by atoms with E-state index in [1.165, 1.54) is 231 Å². The number of hydrogen-bond acceptors (Lipinski definition) is 20. The fraction of sp³-hybridized carbons (Fsp3) is 0.961. The molecule has 23 nitrogen and oxygen atoms in total. The van der Waals surface area contributed by atoms with Crippen LogP contribution in [0.25, 0.3) is 0 Å². The third-order valence-corrected chi connectivity index (χ3v) is 20.6. The van der Waals surface area contributed by atoms with E-state index in [1.807, 2.05) is 0 Å². The van der Waals surface area contributed by atoms with Gasteiger partial charge in [-0.3, -0.25) is 9.59 Å². The highest BCUT2D eigenvalue weighted by atomic mass is 16.8. The Hall–Kier alpha value is -2.27. The van der Waals surface area contributed by atoms with Crippen LogP contribution in [0.3, 0.4) is 0 Å². The van der Waals surface area contributed by atoms with Crippen LogP contribution in [0, 0.1) is 0 Å². The number of rotatable bonds is 63. The average Bonchev–Trinajstić information content (AvgIpc) is 0.768. The van der Waals surface area contributed by atoms with Gasteiger partial charge in [0.05, 0.1) is 50.7 Å². The molecule has 0 aromatic rings. The summed E-state index contributed by atoms with van der Waals surface area (Å²) in [7, 11) is 0. The van der Waals surface area contributed by atoms with Gasteiger partial charge >= 0.3 is 5.97 Å². The Bertz CT molecular complexity index is 1980. The number of unbranched alkanes of at least 4 members (excludes halogenated alkanes) is 43. The quantitative estimate of drug-likeness (QED) is 0.0252. The van der Waals surface area contributed by atoms with Crippen molar-refractivity contribution in [2.75, 3.05) is 26.4 Å². The molecule has 0 aliphatic carbocycles. The molecule has 0 radical (unpaired) electrons. The molecular weight excluding hydrogens is 1280 g/mol. The molecule has 3 aliphatic rings. The molecule has 0 aromatic heterocycles. The van der Waals surface area contributed by atoms with Gasteiger partial charge in [0.1, 0.15) is 67.1 Å². The van der Waals surface area contributed by atoms with Crippen molar-refractivity contribution in [2.24, 2.45) is 0 Å². The van der Waals surface area contributed by atoms with Crippen LogP contribution in [0.15, 0.2) is 0 Å². The number of nitrogens with one attached hydrogen (secondary N) is 2. The molecule has 3 heterocycles. The Labute approximate surface area is 595 Å². The summed E-state index contributed by atoms with van der Waals surface area (Å²) in [4.78, 5) is 38.6. The number of carboxylic acids is 1. The van der Waals surface area contributed by atoms with Crippen LogP contribution in [0.5, 0.6) is 0 Å². The first kappa shape index (κ1) is 90.9. The summed E-state index contributed by atoms with van der Waals surface area (Å²) in [6, 6.07) is -2.52. The van der Waals surface area contributed by atoms with Crippen LogP contribution in [0.4, 0.5) is 0 Å². The fourth-order valence-corrected chi connectivity index (χ4v) is 14.2. The van der Waals surface area contributed by atoms with Crippen molar-refractivity contribution in [3.05, 3.63) is 0 Å². The van der Waals surface area contributed by atoms with Gasteiger partial charge in [-0.25, -0.2) is 4.79 Å². The zero-order chi connectivity index (χ0) is 72.5. The highest BCUT2D eigenvalue weighted by Crippen LogP contribution is 2.39. The second-order valence-electron chi connectivity index (χ2n) is 29.3. The molecule has 18 unspecified atom stereocenters. The lowest BCUT2D eigenvalue weighted by Gasteiger charge is -2.50. The Balaban J connectivity index is 1.44. The molecule has 0 aromatic carbocycles. The van der Waals surface area contributed by atoms with Gasteiger partial charge in [0.15, 0.2) is 12.6 Å². The number of aliphatic carboxylic acids is 1. The third-order valence-electron chi connectivity index (χ3n) is 20.6. The summed E-state index contributed by atoms with van der Waals surface area (Å²) >= 11 is 0. The molecule has 3 saturated heterocycles. The van der Waals surface area contributed by atoms with E-state index in [0.717, 1.165) is 51.9 Å². The second-order valence-corrected chi connectivity index (χ2v) is 29.3. The minimum atomic E-state index is -3.08. The molecule has 0 spiro atoms. The van der Waals surface area contributed by atoms with Gasteiger partial charge < -0.3 is 100 Å². The fourth-order valence-electron chi connectivity index (χ4n) is 14.2. The summed E-state index contributed by atoms with van der Waals surface area (Å²) < 4.78 is 34.9. The zero-order valence-electron chi connectivity index (χ0n) is 61.6. The van der Waals surface area contributed by atoms with E-state index >= 15 is 0 Å². The number of carboxylic acid groups (broad SMARTS) is 1. The molecule has 99 heavy (non-hydrogen) atoms. The summed E-state index contributed by atoms with van der Waals surface area (Å²) in [5, 5.41) is 136. The summed E-state index contributed by atoms with van der Waals surface area (Å²) in [6.45, 7) is 2.24. The first-order valence-electron chi connectivity index (χ1n) is 39.9. The summed E-state index contributed by atoms with van der Waals surface area (Å²) in [6.07, 6.45) is 28.5. The molecule has 18 atom stereocenters. The highest BCUT2D eigenvalue weighted by molar-refractivity contribution is 5.77. The van der Waals surface area contributed by atoms with E-state index < -0.39 is 148 Å². The van der Waals surface area contributed by atoms with Crippen LogP contribution in [0.2, 0.25) is 0 Å². The largest absolute Gasteiger partial charge is 0.477 e. The molecule has 0 bridgehead atoms. The first-order valence-corrected chi connectivity index (χ1v) is 39.9. The van der Waals surface area contributed by atoms with Crippen LogP contribution in [-0.2, 0) is 42.8 Å². The summed E-state index contributed by atoms with van der Waals surface area (Å²) in [5.74, 6) is -6.09. The number of ether oxygens (including phenoxy) is 6. The number of carbonyl (C=O) groups is 3. The lowest BCUT2D eigenvalue weighted by atomic mass is 9.88. The number of carbonyl (C=O) groups excluding carboxylic acids is 2. The van der Waals surface area contributed by atoms with Gasteiger partial charge in [0.2, 0.25) is 11.8 Å². The van der Waals surface area contributed by atoms with Gasteiger partial charge in [-0.15, -0.1) is 0 Å². The molecule has 14 N–H and O–H groups in total. The van der Waals surface area contributed by atoms with Crippen LogP contribution >= 0.6 is 0 Å². The highest BCUT2D eigenvalue weighted by Gasteiger charge is 2.60. The van der Waals surface area contributed by atoms with E-state index in [1.54, 1.807) is 0 Å². The molecule has 3 rings (SSSR count). The van der Waals surface area contributed by atoms with Crippen molar-refractivity contribution in [3.8, 4) is 0 Å². The molecule has 2 amide bonds. The molecule has 0 saturated carbocycles. The van der Waals surface area contributed by atoms with Gasteiger partial charge in [-0.2, -0.15) is 0 Å². The maximum Gasteiger partial charge on any atom is 0.364 e. The van der Waals surface area contributed by atoms with Crippen molar-refractivity contribution in [3.63, 3.8) is 0 Å². The van der Waals surface area contributed by atoms with Crippen molar-refractivity contribution >= 4 is 17.8 Å². The lowest BCUT2D eigenvalue weighted by Crippen LogP contribution is -2.70. The monoisotopic (exact) mass is 1420 g/mol. The van der Waals surface area contributed by atoms with Gasteiger partial charge in [0.25, 0.3) is 5.79 Å². The predicted molar refractivity (Wildman–Crippen MR) is 380 cm³/mol. The summed E-state index contributed by atoms with van der Waals surface area (Å²) in [5.41, 5.74) is 0. The Morgan fingerprint density at radius 1 is 0.485 bits per heavy atom. The number of amides is 2. The second kappa shape index (κ2) is 56.1. The normalized spacial score (nSPS) is 27.0. The van der Waals surface area contributed by atoms with E-state index in [9.17, 15) is 75.7 Å². The predicted octanol–water partition coefficient (Wildman–Crippen LogP) is 10.0. The minimum absolute atomic E-state index is 0.229. The first-order chi connectivity index (χ1) is 47.9.